The van der Waals surface area contributed by atoms with Gasteiger partial charge in [-0.3, -0.25) is 28.5 Å². The lowest BCUT2D eigenvalue weighted by Gasteiger charge is -2.37. The van der Waals surface area contributed by atoms with Crippen LogP contribution in [0.2, 0.25) is 0 Å². The van der Waals surface area contributed by atoms with Crippen molar-refractivity contribution >= 4 is 20.3 Å². The summed E-state index contributed by atoms with van der Waals surface area (Å²) >= 11 is 0. The van der Waals surface area contributed by atoms with Crippen LogP contribution in [0.3, 0.4) is 0 Å². The minimum absolute atomic E-state index is 0.00538. The number of carbonyl (C=O) groups excluding carboxylic acids is 1. The van der Waals surface area contributed by atoms with Gasteiger partial charge in [0.15, 0.2) is 0 Å². The second-order valence-corrected chi connectivity index (χ2v) is 21.8. The molecule has 2 aliphatic heterocycles. The summed E-state index contributed by atoms with van der Waals surface area (Å²) in [5, 5.41) is 13.9. The largest absolute Gasteiger partial charge is 0.497 e. The maximum Gasteiger partial charge on any atom is 0.351 e. The third kappa shape index (κ3) is 13.8. The fourth-order valence-corrected chi connectivity index (χ4v) is 12.0. The molecule has 7 atom stereocenters. The lowest BCUT2D eigenvalue weighted by molar-refractivity contribution is -0.187. The van der Waals surface area contributed by atoms with Crippen molar-refractivity contribution in [3.8, 4) is 17.6 Å². The second kappa shape index (κ2) is 27.0. The molecule has 0 bridgehead atoms. The zero-order valence-electron chi connectivity index (χ0n) is 46.6. The van der Waals surface area contributed by atoms with E-state index in [2.05, 4.69) is 26.0 Å². The van der Waals surface area contributed by atoms with E-state index >= 15 is 0 Å². The number of aromatic nitrogens is 4. The lowest BCUT2D eigenvalue weighted by atomic mass is 9.80. The number of ether oxygens (including phenoxy) is 5. The smallest absolute Gasteiger partial charge is 0.351 e. The van der Waals surface area contributed by atoms with Crippen LogP contribution in [-0.2, 0) is 33.7 Å². The molecule has 2 saturated heterocycles. The van der Waals surface area contributed by atoms with Gasteiger partial charge in [-0.05, 0) is 101 Å². The van der Waals surface area contributed by atoms with Crippen molar-refractivity contribution < 1.29 is 42.4 Å². The van der Waals surface area contributed by atoms with Crippen LogP contribution >= 0.6 is 8.53 Å². The summed E-state index contributed by atoms with van der Waals surface area (Å²) in [5.41, 5.74) is 0.876. The van der Waals surface area contributed by atoms with Gasteiger partial charge in [-0.25, -0.2) is 14.3 Å². The van der Waals surface area contributed by atoms with Crippen LogP contribution in [0.5, 0.6) is 11.5 Å². The second-order valence-electron chi connectivity index (χ2n) is 20.4. The van der Waals surface area contributed by atoms with Crippen molar-refractivity contribution in [2.75, 3.05) is 52.9 Å². The van der Waals surface area contributed by atoms with E-state index in [0.29, 0.717) is 34.6 Å². The van der Waals surface area contributed by atoms with Gasteiger partial charge in [-0.2, -0.15) is 15.3 Å². The number of hydrogen-bond acceptors (Lipinski definition) is 16. The SMILES string of the molecule is COc1ccc(C(OC[C@H]2O[C@@H](n3cc(C)c(=O)[nH]c3=O)C[C@@H]2CN(C)OC[C@H]2O[C@@H](n3cc(C)c(NC(=O)c4ccccc4)nc3=O)C[C@@H]2OP(OCCC#N)N(C(C)C)C(C)C)(c2ccccc2)c2ccc(OC)cc2)cc1. The molecule has 1 unspecified atom stereocenters. The minimum Gasteiger partial charge on any atom is -0.497 e. The van der Waals surface area contributed by atoms with Gasteiger partial charge < -0.3 is 38.0 Å². The molecule has 2 fully saturated rings. The molecule has 4 heterocycles. The molecular weight excluding hydrogens is 1040 g/mol. The fraction of sp³-hybridized carbons (Fsp3) is 0.424. The molecule has 1 amide bonds. The number of benzene rings is 4. The maximum atomic E-state index is 13.9. The lowest BCUT2D eigenvalue weighted by Crippen LogP contribution is -2.40. The zero-order valence-corrected chi connectivity index (χ0v) is 47.5. The van der Waals surface area contributed by atoms with Crippen LogP contribution in [0.25, 0.3) is 0 Å². The first-order chi connectivity index (χ1) is 38.5. The number of amides is 1. The number of hydrogen-bond donors (Lipinski definition) is 2. The van der Waals surface area contributed by atoms with E-state index in [4.69, 9.17) is 37.6 Å². The van der Waals surface area contributed by atoms with Crippen molar-refractivity contribution in [3.05, 3.63) is 186 Å². The predicted octanol–water partition coefficient (Wildman–Crippen LogP) is 8.40. The summed E-state index contributed by atoms with van der Waals surface area (Å²) in [5.74, 6) is 0.742. The third-order valence-electron chi connectivity index (χ3n) is 14.2. The molecule has 424 valence electrons. The highest BCUT2D eigenvalue weighted by molar-refractivity contribution is 7.44. The molecule has 20 nitrogen and oxygen atoms in total. The van der Waals surface area contributed by atoms with E-state index < -0.39 is 67.7 Å². The first-order valence-corrected chi connectivity index (χ1v) is 27.8. The number of carbonyl (C=O) groups is 1. The highest BCUT2D eigenvalue weighted by Crippen LogP contribution is 2.50. The van der Waals surface area contributed by atoms with E-state index in [1.807, 2.05) is 113 Å². The van der Waals surface area contributed by atoms with Crippen LogP contribution in [0.4, 0.5) is 5.82 Å². The third-order valence-corrected chi connectivity index (χ3v) is 16.3. The first kappa shape index (κ1) is 59.2. The number of anilines is 1. The summed E-state index contributed by atoms with van der Waals surface area (Å²) in [6, 6.07) is 36.2. The molecule has 2 N–H and O–H groups in total. The van der Waals surface area contributed by atoms with Crippen LogP contribution in [0.15, 0.2) is 136 Å². The highest BCUT2D eigenvalue weighted by Gasteiger charge is 2.45. The summed E-state index contributed by atoms with van der Waals surface area (Å²) < 4.78 is 50.2. The molecule has 0 saturated carbocycles. The van der Waals surface area contributed by atoms with Gasteiger partial charge >= 0.3 is 11.4 Å². The normalized spacial score (nSPS) is 19.6. The van der Waals surface area contributed by atoms with Gasteiger partial charge in [-0.1, -0.05) is 72.8 Å². The average molecular weight is 1120 g/mol. The molecule has 80 heavy (non-hydrogen) atoms. The van der Waals surface area contributed by atoms with Crippen molar-refractivity contribution in [1.82, 2.24) is 28.8 Å². The van der Waals surface area contributed by atoms with Crippen molar-refractivity contribution in [1.29, 1.82) is 5.26 Å². The average Bonchev–Trinajstić information content (AvgIpc) is 4.13. The van der Waals surface area contributed by atoms with E-state index in [1.165, 1.54) is 15.3 Å². The summed E-state index contributed by atoms with van der Waals surface area (Å²) in [6.07, 6.45) is 0.112. The summed E-state index contributed by atoms with van der Waals surface area (Å²) in [4.78, 5) is 66.3. The monoisotopic (exact) mass is 1110 g/mol. The molecule has 0 spiro atoms. The van der Waals surface area contributed by atoms with Gasteiger partial charge in [-0.15, -0.1) is 0 Å². The Hall–Kier alpha value is -6.89. The number of H-pyrrole nitrogens is 1. The Balaban J connectivity index is 1.09. The molecule has 0 radical (unpaired) electrons. The molecule has 8 rings (SSSR count). The quantitative estimate of drug-likeness (QED) is 0.0238. The Morgan fingerprint density at radius 2 is 1.38 bits per heavy atom. The van der Waals surface area contributed by atoms with Crippen LogP contribution in [0, 0.1) is 31.1 Å². The zero-order chi connectivity index (χ0) is 57.1. The standard InChI is InChI=1S/C59H71N8O12P/c1-38(2)67(39(3)4)80(76-30-16-29-60)79-49-32-53(65-33-40(5)54(62-57(65)70)61-56(69)42-17-12-10-13-18-42)78-51(49)37-75-64(7)35-43-31-52(66-34-41(6)55(68)63-58(66)71)77-50(43)36-74-59(44-19-14-11-15-20-44,45-21-25-47(72-8)26-22-45)46-23-27-48(73-9)28-24-46/h10-15,17-28,33-34,38-39,43,49-53H,16,30-32,35-37H2,1-9H3,(H,63,68,71)(H,61,62,69,70)/t43-,49+,50-,51-,52-,53-,80?/m1/s1. The summed E-state index contributed by atoms with van der Waals surface area (Å²) in [7, 11) is 3.28. The Morgan fingerprint density at radius 1 is 0.800 bits per heavy atom. The van der Waals surface area contributed by atoms with E-state index in [0.717, 1.165) is 16.7 Å². The molecular formula is C59H71N8O12P. The molecule has 0 aliphatic carbocycles. The molecule has 4 aromatic carbocycles. The Morgan fingerprint density at radius 3 is 1.98 bits per heavy atom. The minimum atomic E-state index is -1.75. The Bertz CT molecular complexity index is 3170. The summed E-state index contributed by atoms with van der Waals surface area (Å²) in [6.45, 7) is 12.0. The van der Waals surface area contributed by atoms with Gasteiger partial charge in [0, 0.05) is 67.1 Å². The number of aromatic amines is 1. The molecule has 2 aliphatic rings. The molecule has 6 aromatic rings. The van der Waals surface area contributed by atoms with Crippen LogP contribution in [0.1, 0.15) is 97.6 Å². The topological polar surface area (TPSA) is 223 Å². The number of methoxy groups -OCH3 is 2. The number of aryl methyl sites for hydroxylation is 2. The fourth-order valence-electron chi connectivity index (χ4n) is 10.2. The first-order valence-electron chi connectivity index (χ1n) is 26.7. The van der Waals surface area contributed by atoms with Crippen LogP contribution in [-0.4, -0.2) is 113 Å². The number of nitrogens with zero attached hydrogens (tertiary/aromatic N) is 6. The van der Waals surface area contributed by atoms with Crippen LogP contribution < -0.4 is 31.7 Å². The van der Waals surface area contributed by atoms with Crippen molar-refractivity contribution in [2.45, 2.75) is 109 Å². The predicted molar refractivity (Wildman–Crippen MR) is 301 cm³/mol. The Kier molecular flexibility index (Phi) is 20.0. The van der Waals surface area contributed by atoms with Gasteiger partial charge in [0.05, 0.1) is 58.7 Å². The van der Waals surface area contributed by atoms with E-state index in [-0.39, 0.29) is 63.0 Å². The van der Waals surface area contributed by atoms with Crippen molar-refractivity contribution in [3.63, 3.8) is 0 Å². The van der Waals surface area contributed by atoms with E-state index in [9.17, 15) is 24.4 Å². The van der Waals surface area contributed by atoms with Crippen molar-refractivity contribution in [2.24, 2.45) is 5.92 Å². The van der Waals surface area contributed by atoms with Gasteiger partial charge in [0.1, 0.15) is 41.5 Å². The number of rotatable bonds is 25. The number of hydroxylamine groups is 2. The maximum absolute atomic E-state index is 13.9. The highest BCUT2D eigenvalue weighted by atomic mass is 31.2. The van der Waals surface area contributed by atoms with Gasteiger partial charge in [0.2, 0.25) is 0 Å². The van der Waals surface area contributed by atoms with E-state index in [1.54, 1.807) is 70.6 Å². The molecule has 21 heteroatoms. The number of nitriles is 1. The molecule has 2 aromatic heterocycles. The van der Waals surface area contributed by atoms with Gasteiger partial charge in [0.25, 0.3) is 20.0 Å². The Labute approximate surface area is 467 Å². The number of nitrogens with one attached hydrogen (secondary N) is 2.